The smallest absolute Gasteiger partial charge is 0.219 e. The summed E-state index contributed by atoms with van der Waals surface area (Å²) in [6, 6.07) is 15.9. The number of furan rings is 1. The zero-order valence-corrected chi connectivity index (χ0v) is 16.4. The van der Waals surface area contributed by atoms with Gasteiger partial charge in [0.1, 0.15) is 11.7 Å². The molecule has 0 fully saturated rings. The van der Waals surface area contributed by atoms with Crippen molar-refractivity contribution in [1.29, 1.82) is 0 Å². The van der Waals surface area contributed by atoms with Crippen LogP contribution >= 0.6 is 0 Å². The number of hydrogen-bond donors (Lipinski definition) is 0. The fourth-order valence-electron chi connectivity index (χ4n) is 4.31. The Morgan fingerprint density at radius 2 is 1.72 bits per heavy atom. The second kappa shape index (κ2) is 6.02. The van der Waals surface area contributed by atoms with Crippen LogP contribution in [0.1, 0.15) is 12.5 Å². The van der Waals surface area contributed by atoms with Gasteiger partial charge in [-0.1, -0.05) is 36.4 Å². The Hall–Kier alpha value is -3.96. The lowest BCUT2D eigenvalue weighted by Crippen LogP contribution is -2.36. The number of anilines is 3. The maximum atomic E-state index is 7.76. The maximum Gasteiger partial charge on any atom is 0.219 e. The molecule has 0 saturated heterocycles. The number of aryl methyl sites for hydroxylation is 1. The van der Waals surface area contributed by atoms with E-state index in [0.717, 1.165) is 44.6 Å². The number of para-hydroxylation sites is 1. The molecule has 0 amide bonds. The van der Waals surface area contributed by atoms with Crippen molar-refractivity contribution in [2.24, 2.45) is 0 Å². The van der Waals surface area contributed by atoms with Crippen LogP contribution in [-0.4, -0.2) is 13.2 Å². The minimum absolute atomic E-state index is 0.0241. The molecular weight excluding hydrogens is 360 g/mol. The quantitative estimate of drug-likeness (QED) is 0.336. The lowest BCUT2D eigenvalue weighted by molar-refractivity contribution is 0.661. The third-order valence-corrected chi connectivity index (χ3v) is 5.86. The summed E-state index contributed by atoms with van der Waals surface area (Å²) in [5.41, 5.74) is 6.15. The summed E-state index contributed by atoms with van der Waals surface area (Å²) in [4.78, 5) is 11.6. The van der Waals surface area contributed by atoms with E-state index in [9.17, 15) is 0 Å². The van der Waals surface area contributed by atoms with Crippen molar-refractivity contribution in [3.8, 4) is 0 Å². The third kappa shape index (κ3) is 2.19. The zero-order chi connectivity index (χ0) is 20.3. The van der Waals surface area contributed by atoms with Gasteiger partial charge in [0.05, 0.1) is 24.5 Å². The van der Waals surface area contributed by atoms with Gasteiger partial charge in [0, 0.05) is 23.5 Å². The van der Waals surface area contributed by atoms with Gasteiger partial charge < -0.3 is 14.2 Å². The maximum absolute atomic E-state index is 7.76. The van der Waals surface area contributed by atoms with E-state index < -0.39 is 0 Å². The first kappa shape index (κ1) is 17.2. The minimum atomic E-state index is -0.0241. The first-order chi connectivity index (χ1) is 14.1. The summed E-state index contributed by atoms with van der Waals surface area (Å²) in [5, 5.41) is 2.12. The van der Waals surface area contributed by atoms with Crippen LogP contribution in [0.4, 0.5) is 28.4 Å². The van der Waals surface area contributed by atoms with Crippen molar-refractivity contribution in [1.82, 2.24) is 0 Å². The van der Waals surface area contributed by atoms with Gasteiger partial charge in [-0.2, -0.15) is 0 Å². The molecule has 0 unspecified atom stereocenters. The molecule has 29 heavy (non-hydrogen) atoms. The average Bonchev–Trinajstić information content (AvgIpc) is 3.23. The predicted molar refractivity (Wildman–Crippen MR) is 117 cm³/mol. The molecule has 0 bridgehead atoms. The van der Waals surface area contributed by atoms with E-state index in [1.807, 2.05) is 31.3 Å². The monoisotopic (exact) mass is 378 g/mol. The molecule has 1 aliphatic heterocycles. The van der Waals surface area contributed by atoms with Crippen molar-refractivity contribution in [3.05, 3.63) is 76.9 Å². The number of nitrogens with zero attached hydrogens (tertiary/aromatic N) is 4. The van der Waals surface area contributed by atoms with Gasteiger partial charge in [0.15, 0.2) is 11.3 Å². The van der Waals surface area contributed by atoms with Crippen LogP contribution in [0, 0.1) is 20.1 Å². The minimum Gasteiger partial charge on any atom is -0.454 e. The van der Waals surface area contributed by atoms with E-state index >= 15 is 0 Å². The van der Waals surface area contributed by atoms with Gasteiger partial charge in [-0.15, -0.1) is 0 Å². The molecule has 0 radical (unpaired) electrons. The molecule has 0 aliphatic carbocycles. The first-order valence-corrected chi connectivity index (χ1v) is 9.41. The van der Waals surface area contributed by atoms with Crippen molar-refractivity contribution in [3.63, 3.8) is 0 Å². The van der Waals surface area contributed by atoms with Crippen molar-refractivity contribution in [2.75, 3.05) is 16.8 Å². The number of benzene rings is 3. The Bertz CT molecular complexity index is 1390. The highest BCUT2D eigenvalue weighted by atomic mass is 16.3. The Kier molecular flexibility index (Phi) is 3.56. The lowest BCUT2D eigenvalue weighted by Gasteiger charge is -2.29. The summed E-state index contributed by atoms with van der Waals surface area (Å²) in [5.74, 6) is 0. The van der Waals surface area contributed by atoms with Crippen LogP contribution in [0.2, 0.25) is 0 Å². The molecular formula is C24H18N4O. The van der Waals surface area contributed by atoms with Gasteiger partial charge >= 0.3 is 0 Å². The fraction of sp³-hybridized carbons (Fsp3) is 0.167. The standard InChI is InChI=1S/C24H18N4O/c1-14-10-11-17-16-8-6-7-9-20(16)29-24(17)22(14)28-15(2)27(5)19-13-12-18(25-3)21(26-4)23(19)28/h6-13,15H,1-2,5H3/t15-/m0/s1. The predicted octanol–water partition coefficient (Wildman–Crippen LogP) is 6.93. The highest BCUT2D eigenvalue weighted by molar-refractivity contribution is 6.12. The van der Waals surface area contributed by atoms with Crippen molar-refractivity contribution in [2.45, 2.75) is 20.0 Å². The molecule has 1 atom stereocenters. The summed E-state index contributed by atoms with van der Waals surface area (Å²) < 4.78 is 6.31. The summed E-state index contributed by atoms with van der Waals surface area (Å²) in [6.45, 7) is 19.4. The van der Waals surface area contributed by atoms with E-state index in [4.69, 9.17) is 17.6 Å². The molecule has 5 rings (SSSR count). The first-order valence-electron chi connectivity index (χ1n) is 9.41. The third-order valence-electron chi connectivity index (χ3n) is 5.86. The van der Waals surface area contributed by atoms with E-state index in [1.165, 1.54) is 0 Å². The van der Waals surface area contributed by atoms with E-state index in [-0.39, 0.29) is 6.17 Å². The number of fused-ring (bicyclic) bond motifs is 4. The van der Waals surface area contributed by atoms with E-state index in [0.29, 0.717) is 11.4 Å². The lowest BCUT2D eigenvalue weighted by atomic mass is 10.1. The van der Waals surface area contributed by atoms with Gasteiger partial charge in [-0.25, -0.2) is 4.85 Å². The van der Waals surface area contributed by atoms with Gasteiger partial charge in [-0.3, -0.25) is 4.85 Å². The van der Waals surface area contributed by atoms with Gasteiger partial charge in [-0.05, 0) is 31.5 Å². The van der Waals surface area contributed by atoms with Crippen LogP contribution in [0.15, 0.2) is 52.9 Å². The van der Waals surface area contributed by atoms with Crippen molar-refractivity contribution < 1.29 is 4.42 Å². The molecule has 5 nitrogen and oxygen atoms in total. The summed E-state index contributed by atoms with van der Waals surface area (Å²) >= 11 is 0. The molecule has 3 aromatic carbocycles. The molecule has 4 aromatic rings. The SMILES string of the molecule is [C-]#[N+]c1ccc2c(c1[N+]#[C-])N(c1c(C)ccc3c1oc1ccccc13)[C@@H](C)N2C. The molecule has 0 spiro atoms. The second-order valence-corrected chi connectivity index (χ2v) is 7.34. The van der Waals surface area contributed by atoms with Crippen LogP contribution in [0.5, 0.6) is 0 Å². The van der Waals surface area contributed by atoms with E-state index in [1.54, 1.807) is 6.07 Å². The van der Waals surface area contributed by atoms with Crippen LogP contribution in [-0.2, 0) is 0 Å². The molecule has 2 heterocycles. The Morgan fingerprint density at radius 3 is 2.48 bits per heavy atom. The Balaban J connectivity index is 1.89. The number of rotatable bonds is 1. The average molecular weight is 378 g/mol. The van der Waals surface area contributed by atoms with Crippen LogP contribution < -0.4 is 9.80 Å². The van der Waals surface area contributed by atoms with Gasteiger partial charge in [0.25, 0.3) is 0 Å². The summed E-state index contributed by atoms with van der Waals surface area (Å²) in [6.07, 6.45) is -0.0241. The highest BCUT2D eigenvalue weighted by Gasteiger charge is 2.37. The Labute approximate surface area is 169 Å². The Morgan fingerprint density at radius 1 is 0.931 bits per heavy atom. The van der Waals surface area contributed by atoms with Crippen molar-refractivity contribution >= 4 is 50.4 Å². The molecule has 5 heteroatoms. The van der Waals surface area contributed by atoms with Crippen LogP contribution in [0.3, 0.4) is 0 Å². The molecule has 1 aromatic heterocycles. The molecule has 0 N–H and O–H groups in total. The molecule has 1 aliphatic rings. The van der Waals surface area contributed by atoms with Gasteiger partial charge in [0.2, 0.25) is 5.69 Å². The highest BCUT2D eigenvalue weighted by Crippen LogP contribution is 2.54. The normalized spacial score (nSPS) is 15.6. The van der Waals surface area contributed by atoms with E-state index in [2.05, 4.69) is 51.5 Å². The molecule has 140 valence electrons. The second-order valence-electron chi connectivity index (χ2n) is 7.34. The number of hydrogen-bond acceptors (Lipinski definition) is 3. The largest absolute Gasteiger partial charge is 0.454 e. The molecule has 0 saturated carbocycles. The zero-order valence-electron chi connectivity index (χ0n) is 16.4. The summed E-state index contributed by atoms with van der Waals surface area (Å²) in [7, 11) is 2.02. The fourth-order valence-corrected chi connectivity index (χ4v) is 4.31. The van der Waals surface area contributed by atoms with Crippen LogP contribution in [0.25, 0.3) is 31.6 Å². The topological polar surface area (TPSA) is 28.3 Å².